The maximum Gasteiger partial charge on any atom is 0.242 e. The number of nitrogens with zero attached hydrogens (tertiary/aromatic N) is 4. The number of nitrogens with two attached hydrogens (primary N) is 1. The predicted octanol–water partition coefficient (Wildman–Crippen LogP) is 1.77. The van der Waals surface area contributed by atoms with Crippen LogP contribution in [0.3, 0.4) is 0 Å². The topological polar surface area (TPSA) is 67.5 Å². The number of anilines is 2. The number of rotatable bonds is 7. The van der Waals surface area contributed by atoms with Crippen molar-refractivity contribution < 1.29 is 4.74 Å². The molecule has 1 aliphatic heterocycles. The monoisotopic (exact) mass is 293 g/mol. The van der Waals surface area contributed by atoms with Crippen LogP contribution in [-0.4, -0.2) is 54.2 Å². The second kappa shape index (κ2) is 7.45. The number of nitrogen functional groups attached to an aromatic ring is 1. The first-order valence-electron chi connectivity index (χ1n) is 7.85. The van der Waals surface area contributed by atoms with Gasteiger partial charge in [-0.05, 0) is 32.4 Å². The van der Waals surface area contributed by atoms with E-state index in [0.29, 0.717) is 24.2 Å². The normalized spacial score (nSPS) is 18.9. The van der Waals surface area contributed by atoms with E-state index in [1.54, 1.807) is 0 Å². The van der Waals surface area contributed by atoms with E-state index in [-0.39, 0.29) is 0 Å². The Morgan fingerprint density at radius 2 is 2.24 bits per heavy atom. The third-order valence-electron chi connectivity index (χ3n) is 4.02. The fourth-order valence-electron chi connectivity index (χ4n) is 2.91. The number of hydrogen-bond acceptors (Lipinski definition) is 6. The van der Waals surface area contributed by atoms with Crippen LogP contribution in [0.1, 0.15) is 33.1 Å². The Hall–Kier alpha value is -1.56. The van der Waals surface area contributed by atoms with Crippen LogP contribution < -0.4 is 15.4 Å². The highest BCUT2D eigenvalue weighted by atomic mass is 16.5. The Morgan fingerprint density at radius 3 is 2.95 bits per heavy atom. The summed E-state index contributed by atoms with van der Waals surface area (Å²) in [6.07, 6.45) is 4.97. The van der Waals surface area contributed by atoms with Crippen molar-refractivity contribution in [3.63, 3.8) is 0 Å². The number of likely N-dealkylation sites (tertiary alicyclic amines) is 1. The van der Waals surface area contributed by atoms with Crippen molar-refractivity contribution in [2.24, 2.45) is 0 Å². The van der Waals surface area contributed by atoms with E-state index in [9.17, 15) is 0 Å². The molecule has 0 aliphatic carbocycles. The first kappa shape index (κ1) is 15.8. The zero-order valence-corrected chi connectivity index (χ0v) is 13.4. The van der Waals surface area contributed by atoms with Gasteiger partial charge in [-0.15, -0.1) is 0 Å². The van der Waals surface area contributed by atoms with Crippen molar-refractivity contribution in [2.75, 3.05) is 43.9 Å². The highest BCUT2D eigenvalue weighted by Gasteiger charge is 2.25. The minimum Gasteiger partial charge on any atom is -0.476 e. The van der Waals surface area contributed by atoms with Gasteiger partial charge >= 0.3 is 0 Å². The molecule has 1 atom stereocenters. The lowest BCUT2D eigenvalue weighted by atomic mass is 10.2. The lowest BCUT2D eigenvalue weighted by molar-refractivity contribution is 0.270. The Morgan fingerprint density at radius 1 is 1.43 bits per heavy atom. The zero-order valence-electron chi connectivity index (χ0n) is 13.4. The first-order valence-corrected chi connectivity index (χ1v) is 7.85. The van der Waals surface area contributed by atoms with Gasteiger partial charge in [-0.2, -0.15) is 4.98 Å². The molecule has 1 aromatic heterocycles. The summed E-state index contributed by atoms with van der Waals surface area (Å²) in [5.74, 6) is 1.26. The summed E-state index contributed by atoms with van der Waals surface area (Å²) < 4.78 is 5.58. The molecule has 0 radical (unpaired) electrons. The van der Waals surface area contributed by atoms with Gasteiger partial charge in [0.25, 0.3) is 0 Å². The predicted molar refractivity (Wildman–Crippen MR) is 85.8 cm³/mol. The van der Waals surface area contributed by atoms with Gasteiger partial charge in [0.2, 0.25) is 5.88 Å². The maximum absolute atomic E-state index is 6.16. The van der Waals surface area contributed by atoms with Crippen LogP contribution in [0.4, 0.5) is 11.5 Å². The molecule has 2 rings (SSSR count). The number of hydrogen-bond donors (Lipinski definition) is 1. The molecule has 0 bridgehead atoms. The summed E-state index contributed by atoms with van der Waals surface area (Å²) in [7, 11) is 2.04. The van der Waals surface area contributed by atoms with E-state index >= 15 is 0 Å². The second-order valence-corrected chi connectivity index (χ2v) is 5.57. The Kier molecular flexibility index (Phi) is 5.61. The van der Waals surface area contributed by atoms with Gasteiger partial charge in [0, 0.05) is 19.6 Å². The summed E-state index contributed by atoms with van der Waals surface area (Å²) in [6.45, 7) is 8.12. The lowest BCUT2D eigenvalue weighted by Gasteiger charge is -2.29. The Bertz CT molecular complexity index is 454. The molecule has 0 aromatic carbocycles. The van der Waals surface area contributed by atoms with Crippen LogP contribution in [0, 0.1) is 0 Å². The van der Waals surface area contributed by atoms with Crippen molar-refractivity contribution in [1.82, 2.24) is 14.9 Å². The van der Waals surface area contributed by atoms with Crippen LogP contribution in [0.25, 0.3) is 0 Å². The fourth-order valence-corrected chi connectivity index (χ4v) is 2.91. The van der Waals surface area contributed by atoms with Crippen molar-refractivity contribution in [3.05, 3.63) is 6.33 Å². The quantitative estimate of drug-likeness (QED) is 0.826. The van der Waals surface area contributed by atoms with Crippen LogP contribution in [0.15, 0.2) is 6.33 Å². The standard InChI is InChI=1S/C15H27N5O/c1-4-9-21-15-13(16)14(17-11-18-15)19(3)10-12-7-6-8-20(12)5-2/h11-12H,4-10,16H2,1-3H3. The molecule has 2 heterocycles. The molecule has 1 aromatic rings. The van der Waals surface area contributed by atoms with Gasteiger partial charge in [-0.1, -0.05) is 13.8 Å². The fraction of sp³-hybridized carbons (Fsp3) is 0.733. The lowest BCUT2D eigenvalue weighted by Crippen LogP contribution is -2.39. The Balaban J connectivity index is 2.06. The third-order valence-corrected chi connectivity index (χ3v) is 4.02. The minimum atomic E-state index is 0.493. The summed E-state index contributed by atoms with van der Waals surface area (Å²) in [4.78, 5) is 13.1. The molecule has 2 N–H and O–H groups in total. The third kappa shape index (κ3) is 3.75. The van der Waals surface area contributed by atoms with E-state index in [0.717, 1.165) is 25.3 Å². The number of aromatic nitrogens is 2. The maximum atomic E-state index is 6.16. The van der Waals surface area contributed by atoms with Gasteiger partial charge < -0.3 is 15.4 Å². The molecule has 0 saturated carbocycles. The van der Waals surface area contributed by atoms with E-state index in [1.807, 2.05) is 7.05 Å². The number of likely N-dealkylation sites (N-methyl/N-ethyl adjacent to an activating group) is 2. The van der Waals surface area contributed by atoms with Gasteiger partial charge in [-0.25, -0.2) is 4.98 Å². The summed E-state index contributed by atoms with van der Waals surface area (Å²) in [5, 5.41) is 0. The molecular weight excluding hydrogens is 266 g/mol. The average Bonchev–Trinajstić information content (AvgIpc) is 2.93. The van der Waals surface area contributed by atoms with Crippen LogP contribution in [-0.2, 0) is 0 Å². The van der Waals surface area contributed by atoms with Gasteiger partial charge in [-0.3, -0.25) is 4.90 Å². The SMILES string of the molecule is CCCOc1ncnc(N(C)CC2CCCN2CC)c1N. The van der Waals surface area contributed by atoms with E-state index < -0.39 is 0 Å². The van der Waals surface area contributed by atoms with Crippen molar-refractivity contribution in [1.29, 1.82) is 0 Å². The van der Waals surface area contributed by atoms with Crippen molar-refractivity contribution in [2.45, 2.75) is 39.2 Å². The van der Waals surface area contributed by atoms with Crippen molar-refractivity contribution >= 4 is 11.5 Å². The second-order valence-electron chi connectivity index (χ2n) is 5.57. The summed E-state index contributed by atoms with van der Waals surface area (Å²) in [6, 6.07) is 0.578. The molecule has 118 valence electrons. The number of ether oxygens (including phenoxy) is 1. The van der Waals surface area contributed by atoms with Crippen LogP contribution in [0.5, 0.6) is 5.88 Å². The molecule has 1 saturated heterocycles. The van der Waals surface area contributed by atoms with Crippen LogP contribution >= 0.6 is 0 Å². The molecule has 0 amide bonds. The van der Waals surface area contributed by atoms with E-state index in [2.05, 4.69) is 33.6 Å². The summed E-state index contributed by atoms with van der Waals surface area (Å²) >= 11 is 0. The summed E-state index contributed by atoms with van der Waals surface area (Å²) in [5.41, 5.74) is 6.70. The van der Waals surface area contributed by atoms with Crippen molar-refractivity contribution in [3.8, 4) is 5.88 Å². The van der Waals surface area contributed by atoms with E-state index in [1.165, 1.54) is 25.7 Å². The highest BCUT2D eigenvalue weighted by molar-refractivity contribution is 5.67. The van der Waals surface area contributed by atoms with Crippen LogP contribution in [0.2, 0.25) is 0 Å². The van der Waals surface area contributed by atoms with E-state index in [4.69, 9.17) is 10.5 Å². The smallest absolute Gasteiger partial charge is 0.242 e. The minimum absolute atomic E-state index is 0.493. The molecule has 1 aliphatic rings. The molecule has 1 fully saturated rings. The first-order chi connectivity index (χ1) is 10.2. The largest absolute Gasteiger partial charge is 0.476 e. The zero-order chi connectivity index (χ0) is 15.2. The molecule has 1 unspecified atom stereocenters. The average molecular weight is 293 g/mol. The van der Waals surface area contributed by atoms with Gasteiger partial charge in [0.1, 0.15) is 12.0 Å². The molecule has 0 spiro atoms. The van der Waals surface area contributed by atoms with Gasteiger partial charge in [0.15, 0.2) is 5.82 Å². The molecular formula is C15H27N5O. The molecule has 6 nitrogen and oxygen atoms in total. The Labute approximate surface area is 127 Å². The molecule has 21 heavy (non-hydrogen) atoms. The van der Waals surface area contributed by atoms with Gasteiger partial charge in [0.05, 0.1) is 6.61 Å². The highest BCUT2D eigenvalue weighted by Crippen LogP contribution is 2.28. The molecule has 6 heteroatoms.